The topological polar surface area (TPSA) is 39.9 Å². The van der Waals surface area contributed by atoms with E-state index in [1.807, 2.05) is 4.57 Å². The lowest BCUT2D eigenvalue weighted by molar-refractivity contribution is 0.0688. The van der Waals surface area contributed by atoms with Crippen molar-refractivity contribution < 1.29 is 4.74 Å². The molecule has 0 atom stereocenters. The third-order valence-electron chi connectivity index (χ3n) is 2.60. The van der Waals surface area contributed by atoms with Crippen LogP contribution < -0.4 is 0 Å². The van der Waals surface area contributed by atoms with Gasteiger partial charge in [0.25, 0.3) is 0 Å². The molecule has 1 saturated heterocycles. The normalized spacial score (nSPS) is 18.7. The molecular weight excluding hydrogens is 202 g/mol. The lowest BCUT2D eigenvalue weighted by Gasteiger charge is -2.24. The fraction of sp³-hybridized carbons (Fsp3) is 0.778. The lowest BCUT2D eigenvalue weighted by atomic mass is 10.1. The Kier molecular flexibility index (Phi) is 3.03. The van der Waals surface area contributed by atoms with Crippen LogP contribution in [0.3, 0.4) is 0 Å². The van der Waals surface area contributed by atoms with Crippen molar-refractivity contribution in [1.29, 1.82) is 0 Å². The van der Waals surface area contributed by atoms with Crippen LogP contribution in [0.25, 0.3) is 0 Å². The Hall–Kier alpha value is -0.610. The summed E-state index contributed by atoms with van der Waals surface area (Å²) in [6, 6.07) is 0.418. The molecule has 0 aromatic carbocycles. The second-order valence-electron chi connectivity index (χ2n) is 3.45. The van der Waals surface area contributed by atoms with E-state index in [0.717, 1.165) is 38.3 Å². The standard InChI is InChI=1S/C9H14ClN3O/c1-2-8-11-12-9(10)13(8)7-3-5-14-6-4-7/h7H,2-6H2,1H3. The number of hydrogen-bond donors (Lipinski definition) is 0. The summed E-state index contributed by atoms with van der Waals surface area (Å²) in [5, 5.41) is 8.46. The molecule has 1 aromatic rings. The third kappa shape index (κ3) is 1.77. The Morgan fingerprint density at radius 3 is 2.79 bits per heavy atom. The van der Waals surface area contributed by atoms with Gasteiger partial charge in [-0.25, -0.2) is 0 Å². The maximum absolute atomic E-state index is 6.01. The molecule has 14 heavy (non-hydrogen) atoms. The Morgan fingerprint density at radius 1 is 1.43 bits per heavy atom. The van der Waals surface area contributed by atoms with Gasteiger partial charge in [-0.1, -0.05) is 6.92 Å². The predicted molar refractivity (Wildman–Crippen MR) is 53.5 cm³/mol. The number of nitrogens with zero attached hydrogens (tertiary/aromatic N) is 3. The summed E-state index contributed by atoms with van der Waals surface area (Å²) in [6.45, 7) is 3.68. The van der Waals surface area contributed by atoms with Gasteiger partial charge in [-0.05, 0) is 24.4 Å². The molecule has 0 spiro atoms. The van der Waals surface area contributed by atoms with Gasteiger partial charge in [0.1, 0.15) is 5.82 Å². The van der Waals surface area contributed by atoms with Crippen LogP contribution in [0.5, 0.6) is 0 Å². The first-order chi connectivity index (χ1) is 6.83. The van der Waals surface area contributed by atoms with Gasteiger partial charge in [0, 0.05) is 25.7 Å². The first kappa shape index (κ1) is 9.93. The summed E-state index contributed by atoms with van der Waals surface area (Å²) in [6.07, 6.45) is 2.88. The molecule has 2 rings (SSSR count). The monoisotopic (exact) mass is 215 g/mol. The molecule has 0 aliphatic carbocycles. The minimum absolute atomic E-state index is 0.418. The highest BCUT2D eigenvalue weighted by Crippen LogP contribution is 2.25. The largest absolute Gasteiger partial charge is 0.381 e. The number of rotatable bonds is 2. The maximum atomic E-state index is 6.01. The highest BCUT2D eigenvalue weighted by molar-refractivity contribution is 6.28. The zero-order chi connectivity index (χ0) is 9.97. The van der Waals surface area contributed by atoms with Crippen LogP contribution >= 0.6 is 11.6 Å². The molecule has 1 aliphatic rings. The van der Waals surface area contributed by atoms with Crippen molar-refractivity contribution in [2.75, 3.05) is 13.2 Å². The van der Waals surface area contributed by atoms with E-state index in [4.69, 9.17) is 16.3 Å². The van der Waals surface area contributed by atoms with Crippen LogP contribution in [-0.2, 0) is 11.2 Å². The van der Waals surface area contributed by atoms with E-state index >= 15 is 0 Å². The molecule has 2 heterocycles. The lowest BCUT2D eigenvalue weighted by Crippen LogP contribution is -2.21. The molecule has 4 nitrogen and oxygen atoms in total. The number of halogens is 1. The number of aryl methyl sites for hydroxylation is 1. The van der Waals surface area contributed by atoms with Crippen molar-refractivity contribution in [1.82, 2.24) is 14.8 Å². The summed E-state index contributed by atoms with van der Waals surface area (Å²) >= 11 is 6.01. The molecule has 1 aromatic heterocycles. The molecule has 0 amide bonds. The molecule has 0 radical (unpaired) electrons. The highest BCUT2D eigenvalue weighted by Gasteiger charge is 2.21. The zero-order valence-electron chi connectivity index (χ0n) is 8.24. The van der Waals surface area contributed by atoms with Crippen LogP contribution in [-0.4, -0.2) is 28.0 Å². The summed E-state index contributed by atoms with van der Waals surface area (Å²) in [5.74, 6) is 0.974. The van der Waals surface area contributed by atoms with Crippen LogP contribution in [0.4, 0.5) is 0 Å². The zero-order valence-corrected chi connectivity index (χ0v) is 9.00. The Balaban J connectivity index is 2.23. The van der Waals surface area contributed by atoms with Gasteiger partial charge in [0.2, 0.25) is 5.28 Å². The maximum Gasteiger partial charge on any atom is 0.225 e. The van der Waals surface area contributed by atoms with E-state index in [1.165, 1.54) is 0 Å². The number of ether oxygens (including phenoxy) is 1. The molecule has 0 unspecified atom stereocenters. The number of aromatic nitrogens is 3. The first-order valence-electron chi connectivity index (χ1n) is 5.00. The molecule has 0 N–H and O–H groups in total. The van der Waals surface area contributed by atoms with Crippen molar-refractivity contribution in [3.63, 3.8) is 0 Å². The highest BCUT2D eigenvalue weighted by atomic mass is 35.5. The van der Waals surface area contributed by atoms with Gasteiger partial charge in [0.15, 0.2) is 0 Å². The first-order valence-corrected chi connectivity index (χ1v) is 5.37. The summed E-state index contributed by atoms with van der Waals surface area (Å²) in [7, 11) is 0. The van der Waals surface area contributed by atoms with Crippen molar-refractivity contribution in [2.45, 2.75) is 32.2 Å². The second kappa shape index (κ2) is 4.28. The average molecular weight is 216 g/mol. The molecular formula is C9H14ClN3O. The minimum atomic E-state index is 0.418. The summed E-state index contributed by atoms with van der Waals surface area (Å²) < 4.78 is 7.36. The van der Waals surface area contributed by atoms with Gasteiger partial charge in [0.05, 0.1) is 0 Å². The van der Waals surface area contributed by atoms with Gasteiger partial charge >= 0.3 is 0 Å². The van der Waals surface area contributed by atoms with Gasteiger partial charge in [-0.3, -0.25) is 4.57 Å². The third-order valence-corrected chi connectivity index (χ3v) is 2.85. The fourth-order valence-corrected chi connectivity index (χ4v) is 2.12. The summed E-state index contributed by atoms with van der Waals surface area (Å²) in [5.41, 5.74) is 0. The van der Waals surface area contributed by atoms with Crippen LogP contribution in [0, 0.1) is 0 Å². The molecule has 0 bridgehead atoms. The van der Waals surface area contributed by atoms with Gasteiger partial charge < -0.3 is 4.74 Å². The number of hydrogen-bond acceptors (Lipinski definition) is 3. The Morgan fingerprint density at radius 2 is 2.14 bits per heavy atom. The van der Waals surface area contributed by atoms with Crippen molar-refractivity contribution >= 4 is 11.6 Å². The van der Waals surface area contributed by atoms with Crippen molar-refractivity contribution in [3.05, 3.63) is 11.1 Å². The SMILES string of the molecule is CCc1nnc(Cl)n1C1CCOCC1. The second-order valence-corrected chi connectivity index (χ2v) is 3.79. The van der Waals surface area contributed by atoms with Crippen molar-refractivity contribution in [3.8, 4) is 0 Å². The summed E-state index contributed by atoms with van der Waals surface area (Å²) in [4.78, 5) is 0. The molecule has 1 fully saturated rings. The van der Waals surface area contributed by atoms with E-state index in [9.17, 15) is 0 Å². The molecule has 78 valence electrons. The predicted octanol–water partition coefficient (Wildman–Crippen LogP) is 1.85. The average Bonchev–Trinajstić information content (AvgIpc) is 2.61. The minimum Gasteiger partial charge on any atom is -0.381 e. The Labute approximate surface area is 88.2 Å². The van der Waals surface area contributed by atoms with E-state index in [-0.39, 0.29) is 0 Å². The van der Waals surface area contributed by atoms with Crippen molar-refractivity contribution in [2.24, 2.45) is 0 Å². The van der Waals surface area contributed by atoms with Crippen LogP contribution in [0.15, 0.2) is 0 Å². The fourth-order valence-electron chi connectivity index (χ4n) is 1.85. The van der Waals surface area contributed by atoms with Crippen LogP contribution in [0.1, 0.15) is 31.6 Å². The molecule has 0 saturated carbocycles. The van der Waals surface area contributed by atoms with E-state index in [0.29, 0.717) is 11.3 Å². The van der Waals surface area contributed by atoms with E-state index in [1.54, 1.807) is 0 Å². The van der Waals surface area contributed by atoms with E-state index in [2.05, 4.69) is 17.1 Å². The Bertz CT molecular complexity index is 307. The van der Waals surface area contributed by atoms with Gasteiger partial charge in [-0.2, -0.15) is 0 Å². The van der Waals surface area contributed by atoms with Crippen LogP contribution in [0.2, 0.25) is 5.28 Å². The molecule has 5 heteroatoms. The van der Waals surface area contributed by atoms with Gasteiger partial charge in [-0.15, -0.1) is 10.2 Å². The quantitative estimate of drug-likeness (QED) is 0.756. The molecule has 1 aliphatic heterocycles. The smallest absolute Gasteiger partial charge is 0.225 e. The van der Waals surface area contributed by atoms with E-state index < -0.39 is 0 Å².